The lowest BCUT2D eigenvalue weighted by Gasteiger charge is -2.35. The number of carbonyl (C=O) groups excluding carboxylic acids is 1. The third-order valence-electron chi connectivity index (χ3n) is 4.78. The Bertz CT molecular complexity index is 747. The van der Waals surface area contributed by atoms with Gasteiger partial charge in [-0.3, -0.25) is 4.79 Å². The summed E-state index contributed by atoms with van der Waals surface area (Å²) in [7, 11) is 2.13. The maximum Gasteiger partial charge on any atom is 0.262 e. The predicted molar refractivity (Wildman–Crippen MR) is 106 cm³/mol. The van der Waals surface area contributed by atoms with Crippen molar-refractivity contribution in [1.29, 1.82) is 0 Å². The Labute approximate surface area is 155 Å². The van der Waals surface area contributed by atoms with E-state index >= 15 is 0 Å². The number of aryl methyl sites for hydroxylation is 2. The molecule has 2 aromatic carbocycles. The number of ether oxygens (including phenoxy) is 1. The minimum atomic E-state index is -0.144. The zero-order chi connectivity index (χ0) is 18.5. The molecule has 0 atom stereocenters. The van der Waals surface area contributed by atoms with Gasteiger partial charge in [0, 0.05) is 26.2 Å². The molecule has 1 heterocycles. The molecule has 0 aromatic heterocycles. The first-order chi connectivity index (χ1) is 12.5. The fourth-order valence-corrected chi connectivity index (χ4v) is 3.25. The Morgan fingerprint density at radius 3 is 2.35 bits per heavy atom. The van der Waals surface area contributed by atoms with Crippen molar-refractivity contribution in [3.8, 4) is 5.75 Å². The molecule has 0 bridgehead atoms. The van der Waals surface area contributed by atoms with E-state index in [-0.39, 0.29) is 12.5 Å². The van der Waals surface area contributed by atoms with Gasteiger partial charge >= 0.3 is 0 Å². The van der Waals surface area contributed by atoms with Crippen LogP contribution in [0, 0.1) is 13.8 Å². The second-order valence-electron chi connectivity index (χ2n) is 6.87. The van der Waals surface area contributed by atoms with Gasteiger partial charge in [-0.2, -0.15) is 0 Å². The Hall–Kier alpha value is -2.53. The third-order valence-corrected chi connectivity index (χ3v) is 4.78. The normalized spacial score (nSPS) is 15.0. The number of benzene rings is 2. The number of nitrogens with one attached hydrogen (secondary N) is 1. The van der Waals surface area contributed by atoms with Crippen molar-refractivity contribution in [2.45, 2.75) is 13.8 Å². The van der Waals surface area contributed by atoms with E-state index in [1.807, 2.05) is 50.2 Å². The van der Waals surface area contributed by atoms with Crippen LogP contribution in [0.1, 0.15) is 11.1 Å². The zero-order valence-electron chi connectivity index (χ0n) is 15.8. The second kappa shape index (κ2) is 8.23. The van der Waals surface area contributed by atoms with Crippen molar-refractivity contribution in [3.05, 3.63) is 53.6 Å². The van der Waals surface area contributed by atoms with Crippen molar-refractivity contribution in [2.24, 2.45) is 0 Å². The third kappa shape index (κ3) is 4.35. The molecule has 26 heavy (non-hydrogen) atoms. The van der Waals surface area contributed by atoms with Crippen molar-refractivity contribution in [2.75, 3.05) is 50.1 Å². The van der Waals surface area contributed by atoms with Gasteiger partial charge < -0.3 is 19.9 Å². The average molecular weight is 353 g/mol. The van der Waals surface area contributed by atoms with Crippen molar-refractivity contribution >= 4 is 17.3 Å². The van der Waals surface area contributed by atoms with Crippen LogP contribution in [0.4, 0.5) is 11.4 Å². The van der Waals surface area contributed by atoms with E-state index < -0.39 is 0 Å². The molecule has 5 heteroatoms. The number of piperazine rings is 1. The van der Waals surface area contributed by atoms with Gasteiger partial charge in [0.25, 0.3) is 5.91 Å². The number of para-hydroxylation sites is 3. The Morgan fingerprint density at radius 1 is 1.00 bits per heavy atom. The number of nitrogens with zero attached hydrogens (tertiary/aromatic N) is 2. The molecule has 1 saturated heterocycles. The van der Waals surface area contributed by atoms with Crippen LogP contribution in [0.15, 0.2) is 42.5 Å². The fourth-order valence-electron chi connectivity index (χ4n) is 3.25. The molecular formula is C21H27N3O2. The molecule has 2 aromatic rings. The molecular weight excluding hydrogens is 326 g/mol. The Balaban J connectivity index is 1.64. The SMILES string of the molecule is Cc1cccc(C)c1OCC(=O)Nc1ccccc1N1CCN(C)CC1. The predicted octanol–water partition coefficient (Wildman–Crippen LogP) is 3.07. The van der Waals surface area contributed by atoms with Crippen LogP contribution >= 0.6 is 0 Å². The maximum atomic E-state index is 12.4. The lowest BCUT2D eigenvalue weighted by molar-refractivity contribution is -0.118. The first-order valence-corrected chi connectivity index (χ1v) is 9.06. The number of carbonyl (C=O) groups is 1. The summed E-state index contributed by atoms with van der Waals surface area (Å²) in [6.07, 6.45) is 0. The lowest BCUT2D eigenvalue weighted by atomic mass is 10.1. The standard InChI is InChI=1S/C21H27N3O2/c1-16-7-6-8-17(2)21(16)26-15-20(25)22-18-9-4-5-10-19(18)24-13-11-23(3)12-14-24/h4-10H,11-15H2,1-3H3,(H,22,25). The monoisotopic (exact) mass is 353 g/mol. The molecule has 138 valence electrons. The van der Waals surface area contributed by atoms with Gasteiger partial charge in [0.15, 0.2) is 6.61 Å². The quantitative estimate of drug-likeness (QED) is 0.897. The van der Waals surface area contributed by atoms with E-state index in [4.69, 9.17) is 4.74 Å². The Morgan fingerprint density at radius 2 is 1.65 bits per heavy atom. The first kappa shape index (κ1) is 18.3. The molecule has 1 fully saturated rings. The van der Waals surface area contributed by atoms with E-state index in [1.54, 1.807) is 0 Å². The van der Waals surface area contributed by atoms with Crippen LogP contribution in [0.3, 0.4) is 0 Å². The summed E-state index contributed by atoms with van der Waals surface area (Å²) in [5.41, 5.74) is 3.99. The number of likely N-dealkylation sites (N-methyl/N-ethyl adjacent to an activating group) is 1. The second-order valence-corrected chi connectivity index (χ2v) is 6.87. The highest BCUT2D eigenvalue weighted by Crippen LogP contribution is 2.27. The van der Waals surface area contributed by atoms with Gasteiger partial charge in [0.1, 0.15) is 5.75 Å². The number of anilines is 2. The van der Waals surface area contributed by atoms with Crippen molar-refractivity contribution in [3.63, 3.8) is 0 Å². The highest BCUT2D eigenvalue weighted by molar-refractivity contribution is 5.95. The van der Waals surface area contributed by atoms with E-state index in [2.05, 4.69) is 28.2 Å². The van der Waals surface area contributed by atoms with Crippen molar-refractivity contribution < 1.29 is 9.53 Å². The van der Waals surface area contributed by atoms with Gasteiger partial charge in [-0.05, 0) is 44.2 Å². The smallest absolute Gasteiger partial charge is 0.262 e. The summed E-state index contributed by atoms with van der Waals surface area (Å²) >= 11 is 0. The molecule has 5 nitrogen and oxygen atoms in total. The van der Waals surface area contributed by atoms with Gasteiger partial charge in [0.05, 0.1) is 11.4 Å². The van der Waals surface area contributed by atoms with Crippen LogP contribution in [0.2, 0.25) is 0 Å². The van der Waals surface area contributed by atoms with Gasteiger partial charge in [-0.1, -0.05) is 30.3 Å². The molecule has 0 spiro atoms. The van der Waals surface area contributed by atoms with E-state index in [0.29, 0.717) is 0 Å². The van der Waals surface area contributed by atoms with Gasteiger partial charge in [-0.15, -0.1) is 0 Å². The minimum absolute atomic E-state index is 0.00274. The highest BCUT2D eigenvalue weighted by atomic mass is 16.5. The largest absolute Gasteiger partial charge is 0.483 e. The van der Waals surface area contributed by atoms with Gasteiger partial charge in [-0.25, -0.2) is 0 Å². The van der Waals surface area contributed by atoms with Crippen LogP contribution in [0.5, 0.6) is 5.75 Å². The van der Waals surface area contributed by atoms with Crippen LogP contribution < -0.4 is 15.0 Å². The van der Waals surface area contributed by atoms with Crippen LogP contribution in [0.25, 0.3) is 0 Å². The van der Waals surface area contributed by atoms with E-state index in [9.17, 15) is 4.79 Å². The molecule has 1 aliphatic heterocycles. The first-order valence-electron chi connectivity index (χ1n) is 9.06. The summed E-state index contributed by atoms with van der Waals surface area (Å²) in [5.74, 6) is 0.643. The van der Waals surface area contributed by atoms with Crippen molar-refractivity contribution in [1.82, 2.24) is 4.90 Å². The molecule has 0 saturated carbocycles. The number of amides is 1. The summed E-state index contributed by atoms with van der Waals surface area (Å²) in [4.78, 5) is 17.1. The van der Waals surface area contributed by atoms with E-state index in [0.717, 1.165) is 54.4 Å². The maximum absolute atomic E-state index is 12.4. The highest BCUT2D eigenvalue weighted by Gasteiger charge is 2.18. The average Bonchev–Trinajstić information content (AvgIpc) is 2.62. The molecule has 1 aliphatic rings. The zero-order valence-corrected chi connectivity index (χ0v) is 15.8. The summed E-state index contributed by atoms with van der Waals surface area (Å²) in [6, 6.07) is 13.9. The van der Waals surface area contributed by atoms with E-state index in [1.165, 1.54) is 0 Å². The number of hydrogen-bond acceptors (Lipinski definition) is 4. The Kier molecular flexibility index (Phi) is 5.78. The molecule has 0 unspecified atom stereocenters. The molecule has 1 amide bonds. The lowest BCUT2D eigenvalue weighted by Crippen LogP contribution is -2.44. The fraction of sp³-hybridized carbons (Fsp3) is 0.381. The summed E-state index contributed by atoms with van der Waals surface area (Å²) in [6.45, 7) is 7.95. The molecule has 1 N–H and O–H groups in total. The number of rotatable bonds is 5. The molecule has 0 radical (unpaired) electrons. The van der Waals surface area contributed by atoms with Crippen LogP contribution in [-0.2, 0) is 4.79 Å². The van der Waals surface area contributed by atoms with Gasteiger partial charge in [0.2, 0.25) is 0 Å². The summed E-state index contributed by atoms with van der Waals surface area (Å²) < 4.78 is 5.77. The number of hydrogen-bond donors (Lipinski definition) is 1. The summed E-state index contributed by atoms with van der Waals surface area (Å²) in [5, 5.41) is 3.01. The topological polar surface area (TPSA) is 44.8 Å². The minimum Gasteiger partial charge on any atom is -0.483 e. The molecule has 0 aliphatic carbocycles. The molecule has 3 rings (SSSR count). The van der Waals surface area contributed by atoms with Crippen LogP contribution in [-0.4, -0.2) is 50.6 Å².